The largest absolute Gasteiger partial charge is 1.00 e. The summed E-state index contributed by atoms with van der Waals surface area (Å²) in [5.41, 5.74) is -0.500. The molecule has 0 aliphatic heterocycles. The number of aliphatic hydroxyl groups is 1. The van der Waals surface area contributed by atoms with Crippen molar-refractivity contribution < 1.29 is 116 Å². The van der Waals surface area contributed by atoms with Gasteiger partial charge in [-0.3, -0.25) is 0 Å². The third-order valence-electron chi connectivity index (χ3n) is 0. The van der Waals surface area contributed by atoms with E-state index in [1.807, 2.05) is 0 Å². The summed E-state index contributed by atoms with van der Waals surface area (Å²) in [4.78, 5) is 0. The van der Waals surface area contributed by atoms with E-state index >= 15 is 0 Å². The van der Waals surface area contributed by atoms with Crippen LogP contribution in [0.1, 0.15) is 23.6 Å². The predicted molar refractivity (Wildman–Crippen MR) is 27.8 cm³/mol. The Morgan fingerprint density at radius 2 is 1.12 bits per heavy atom. The van der Waals surface area contributed by atoms with Gasteiger partial charge in [-0.25, -0.2) is 0 Å². The average Bonchev–Trinajstić information content (AvgIpc) is 0.722. The molecule has 0 aliphatic rings. The molecular formula is C4H14K2O2. The second-order valence-corrected chi connectivity index (χ2v) is 2.17. The second kappa shape index (κ2) is 10.2. The van der Waals surface area contributed by atoms with Crippen molar-refractivity contribution >= 4 is 0 Å². The summed E-state index contributed by atoms with van der Waals surface area (Å²) in [6.45, 7) is 5.23. The normalized spacial score (nSPS) is 7.50. The SMILES string of the molecule is CC(C)(C)O.O.[H-].[H-].[K+].[K+]. The Hall–Kier alpha value is 3.19. The van der Waals surface area contributed by atoms with Crippen molar-refractivity contribution in [1.82, 2.24) is 0 Å². The van der Waals surface area contributed by atoms with Crippen LogP contribution in [0.4, 0.5) is 0 Å². The molecule has 0 fully saturated rings. The van der Waals surface area contributed by atoms with Crippen molar-refractivity contribution in [3.63, 3.8) is 0 Å². The molecular weight excluding hydrogens is 158 g/mol. The molecule has 0 aromatic heterocycles. The van der Waals surface area contributed by atoms with Crippen molar-refractivity contribution in [3.8, 4) is 0 Å². The monoisotopic (exact) mass is 172 g/mol. The van der Waals surface area contributed by atoms with Crippen molar-refractivity contribution in [3.05, 3.63) is 0 Å². The van der Waals surface area contributed by atoms with E-state index in [-0.39, 0.29) is 111 Å². The summed E-state index contributed by atoms with van der Waals surface area (Å²) in [6.07, 6.45) is 0. The Balaban J connectivity index is -0.00000000800. The first-order valence-electron chi connectivity index (χ1n) is 1.72. The van der Waals surface area contributed by atoms with Crippen LogP contribution in [0.15, 0.2) is 0 Å². The molecule has 0 atom stereocenters. The molecule has 0 saturated carbocycles. The van der Waals surface area contributed by atoms with Gasteiger partial charge in [0.25, 0.3) is 0 Å². The maximum absolute atomic E-state index is 8.52. The molecule has 8 heavy (non-hydrogen) atoms. The summed E-state index contributed by atoms with van der Waals surface area (Å²) in [5, 5.41) is 8.52. The predicted octanol–water partition coefficient (Wildman–Crippen LogP) is -5.81. The molecule has 44 valence electrons. The molecule has 0 bridgehead atoms. The standard InChI is InChI=1S/C4H10O.2K.H2O.2H/c1-4(2,3)5;;;;;/h5H,1-3H3;;;1H2;;/q;2*+1;;2*-1. The van der Waals surface area contributed by atoms with Crippen LogP contribution in [-0.4, -0.2) is 16.2 Å². The first-order chi connectivity index (χ1) is 2.00. The minimum absolute atomic E-state index is 0. The molecule has 0 saturated heterocycles. The molecule has 0 spiro atoms. The van der Waals surface area contributed by atoms with E-state index in [1.54, 1.807) is 20.8 Å². The van der Waals surface area contributed by atoms with Crippen LogP contribution in [-0.2, 0) is 0 Å². The van der Waals surface area contributed by atoms with Crippen LogP contribution in [0.2, 0.25) is 0 Å². The van der Waals surface area contributed by atoms with Gasteiger partial charge in [0.05, 0.1) is 5.60 Å². The van der Waals surface area contributed by atoms with Gasteiger partial charge in [0, 0.05) is 0 Å². The topological polar surface area (TPSA) is 51.7 Å². The van der Waals surface area contributed by atoms with Crippen LogP contribution in [0, 0.1) is 0 Å². The van der Waals surface area contributed by atoms with Gasteiger partial charge in [0.1, 0.15) is 0 Å². The summed E-state index contributed by atoms with van der Waals surface area (Å²) in [7, 11) is 0. The molecule has 0 rings (SSSR count). The van der Waals surface area contributed by atoms with Crippen molar-refractivity contribution in [2.75, 3.05) is 0 Å². The van der Waals surface area contributed by atoms with Gasteiger partial charge in [0.2, 0.25) is 0 Å². The van der Waals surface area contributed by atoms with E-state index in [4.69, 9.17) is 5.11 Å². The number of hydrogen-bond donors (Lipinski definition) is 1. The quantitative estimate of drug-likeness (QED) is 0.364. The zero-order valence-corrected chi connectivity index (χ0v) is 12.7. The molecule has 0 amide bonds. The van der Waals surface area contributed by atoms with E-state index in [0.29, 0.717) is 0 Å². The average molecular weight is 172 g/mol. The Morgan fingerprint density at radius 1 is 1.12 bits per heavy atom. The van der Waals surface area contributed by atoms with E-state index in [9.17, 15) is 0 Å². The molecule has 4 heteroatoms. The van der Waals surface area contributed by atoms with Gasteiger partial charge in [-0.2, -0.15) is 0 Å². The maximum atomic E-state index is 8.52. The van der Waals surface area contributed by atoms with Gasteiger partial charge < -0.3 is 13.4 Å². The molecule has 0 aromatic carbocycles. The smallest absolute Gasteiger partial charge is 1.00 e. The minimum Gasteiger partial charge on any atom is -1.00 e. The molecule has 0 unspecified atom stereocenters. The molecule has 0 aromatic rings. The Labute approximate surface area is 139 Å². The van der Waals surface area contributed by atoms with E-state index in [1.165, 1.54) is 0 Å². The van der Waals surface area contributed by atoms with Gasteiger partial charge in [0.15, 0.2) is 0 Å². The summed E-state index contributed by atoms with van der Waals surface area (Å²) in [5.74, 6) is 0. The van der Waals surface area contributed by atoms with Gasteiger partial charge >= 0.3 is 103 Å². The van der Waals surface area contributed by atoms with Crippen LogP contribution in [0.5, 0.6) is 0 Å². The van der Waals surface area contributed by atoms with E-state index in [0.717, 1.165) is 0 Å². The summed E-state index contributed by atoms with van der Waals surface area (Å²) in [6, 6.07) is 0. The minimum atomic E-state index is -0.500. The van der Waals surface area contributed by atoms with Crippen LogP contribution in [0.25, 0.3) is 0 Å². The third-order valence-corrected chi connectivity index (χ3v) is 0. The molecule has 3 N–H and O–H groups in total. The Kier molecular flexibility index (Phi) is 28.6. The van der Waals surface area contributed by atoms with Crippen molar-refractivity contribution in [2.45, 2.75) is 26.4 Å². The molecule has 0 aliphatic carbocycles. The van der Waals surface area contributed by atoms with Crippen molar-refractivity contribution in [2.24, 2.45) is 0 Å². The first-order valence-corrected chi connectivity index (χ1v) is 1.72. The molecule has 2 nitrogen and oxygen atoms in total. The summed E-state index contributed by atoms with van der Waals surface area (Å²) < 4.78 is 0. The van der Waals surface area contributed by atoms with Crippen molar-refractivity contribution in [1.29, 1.82) is 0 Å². The number of rotatable bonds is 0. The zero-order chi connectivity index (χ0) is 4.50. The van der Waals surface area contributed by atoms with Crippen LogP contribution < -0.4 is 103 Å². The second-order valence-electron chi connectivity index (χ2n) is 2.17. The Morgan fingerprint density at radius 3 is 1.12 bits per heavy atom. The summed E-state index contributed by atoms with van der Waals surface area (Å²) >= 11 is 0. The zero-order valence-electron chi connectivity index (χ0n) is 8.45. The number of hydrogen-bond acceptors (Lipinski definition) is 1. The fourth-order valence-electron chi connectivity index (χ4n) is 0. The van der Waals surface area contributed by atoms with E-state index < -0.39 is 5.60 Å². The first kappa shape index (κ1) is 22.5. The van der Waals surface area contributed by atoms with Crippen LogP contribution >= 0.6 is 0 Å². The fourth-order valence-corrected chi connectivity index (χ4v) is 0. The fraction of sp³-hybridized carbons (Fsp3) is 1.00. The molecule has 0 radical (unpaired) electrons. The van der Waals surface area contributed by atoms with E-state index in [2.05, 4.69) is 0 Å². The van der Waals surface area contributed by atoms with Gasteiger partial charge in [-0.15, -0.1) is 0 Å². The maximum Gasteiger partial charge on any atom is 1.00 e. The Bertz CT molecular complexity index is 34.7. The van der Waals surface area contributed by atoms with Gasteiger partial charge in [-0.1, -0.05) is 0 Å². The molecule has 0 heterocycles. The van der Waals surface area contributed by atoms with Crippen LogP contribution in [0.3, 0.4) is 0 Å². The van der Waals surface area contributed by atoms with Gasteiger partial charge in [-0.05, 0) is 20.8 Å². The third kappa shape index (κ3) is 60.5.